The molecule has 1 aliphatic rings. The second kappa shape index (κ2) is 8.21. The maximum Gasteiger partial charge on any atom is 0.232 e. The predicted octanol–water partition coefficient (Wildman–Crippen LogP) is 3.25. The van der Waals surface area contributed by atoms with Crippen LogP contribution in [0.3, 0.4) is 0 Å². The highest BCUT2D eigenvalue weighted by molar-refractivity contribution is 7.92. The normalized spacial score (nSPS) is 15.5. The number of sulfonamides is 1. The Morgan fingerprint density at radius 3 is 2.62 bits per heavy atom. The number of nitrogens with one attached hydrogen (secondary N) is 1. The first kappa shape index (κ1) is 19.1. The van der Waals surface area contributed by atoms with E-state index in [0.717, 1.165) is 18.4 Å². The number of hydrogen-bond acceptors (Lipinski definition) is 3. The summed E-state index contributed by atoms with van der Waals surface area (Å²) in [6.45, 7) is 2.11. The van der Waals surface area contributed by atoms with Gasteiger partial charge in [0, 0.05) is 24.0 Å². The van der Waals surface area contributed by atoms with Gasteiger partial charge in [0.25, 0.3) is 0 Å². The summed E-state index contributed by atoms with van der Waals surface area (Å²) in [6, 6.07) is 5.47. The number of nitrogens with zero attached hydrogens (tertiary/aromatic N) is 1. The van der Waals surface area contributed by atoms with Crippen LogP contribution in [-0.2, 0) is 14.8 Å². The van der Waals surface area contributed by atoms with Gasteiger partial charge in [-0.15, -0.1) is 0 Å². The minimum absolute atomic E-state index is 0.00170. The monoisotopic (exact) mass is 372 g/mol. The van der Waals surface area contributed by atoms with Crippen molar-refractivity contribution in [3.63, 3.8) is 0 Å². The molecule has 0 saturated heterocycles. The van der Waals surface area contributed by atoms with Gasteiger partial charge in [-0.25, -0.2) is 8.42 Å². The van der Waals surface area contributed by atoms with Gasteiger partial charge in [0.1, 0.15) is 0 Å². The molecule has 1 aromatic carbocycles. The zero-order valence-electron chi connectivity index (χ0n) is 14.2. The SMILES string of the molecule is Cc1ccc(Cl)cc1N(CCCC(=O)NC1CCCC1)S(C)(=O)=O. The summed E-state index contributed by atoms with van der Waals surface area (Å²) >= 11 is 6.00. The summed E-state index contributed by atoms with van der Waals surface area (Å²) in [4.78, 5) is 12.0. The molecule has 1 N–H and O–H groups in total. The van der Waals surface area contributed by atoms with Crippen molar-refractivity contribution in [3.05, 3.63) is 28.8 Å². The number of hydrogen-bond donors (Lipinski definition) is 1. The first-order valence-electron chi connectivity index (χ1n) is 8.30. The van der Waals surface area contributed by atoms with Crippen LogP contribution >= 0.6 is 11.6 Å². The minimum Gasteiger partial charge on any atom is -0.353 e. The summed E-state index contributed by atoms with van der Waals surface area (Å²) in [6.07, 6.45) is 6.39. The van der Waals surface area contributed by atoms with Crippen molar-refractivity contribution < 1.29 is 13.2 Å². The van der Waals surface area contributed by atoms with E-state index in [2.05, 4.69) is 5.32 Å². The van der Waals surface area contributed by atoms with Gasteiger partial charge in [0.15, 0.2) is 0 Å². The summed E-state index contributed by atoms with van der Waals surface area (Å²) < 4.78 is 25.6. The summed E-state index contributed by atoms with van der Waals surface area (Å²) in [5.41, 5.74) is 1.40. The summed E-state index contributed by atoms with van der Waals surface area (Å²) in [7, 11) is -3.43. The lowest BCUT2D eigenvalue weighted by atomic mass is 10.2. The topological polar surface area (TPSA) is 66.5 Å². The van der Waals surface area contributed by atoms with Crippen LogP contribution < -0.4 is 9.62 Å². The molecule has 1 saturated carbocycles. The smallest absolute Gasteiger partial charge is 0.232 e. The molecule has 134 valence electrons. The fraction of sp³-hybridized carbons (Fsp3) is 0.588. The van der Waals surface area contributed by atoms with Gasteiger partial charge in [-0.1, -0.05) is 30.5 Å². The van der Waals surface area contributed by atoms with Crippen LogP contribution in [0.15, 0.2) is 18.2 Å². The second-order valence-electron chi connectivity index (χ2n) is 6.42. The maximum atomic E-state index is 12.1. The standard InChI is InChI=1S/C17H25ClN2O3S/c1-13-9-10-14(18)12-16(13)20(24(2,22)23)11-5-8-17(21)19-15-6-3-4-7-15/h9-10,12,15H,3-8,11H2,1-2H3,(H,19,21). The second-order valence-corrected chi connectivity index (χ2v) is 8.76. The Morgan fingerprint density at radius 1 is 1.33 bits per heavy atom. The predicted molar refractivity (Wildman–Crippen MR) is 98.0 cm³/mol. The number of aryl methyl sites for hydroxylation is 1. The molecule has 0 radical (unpaired) electrons. The Balaban J connectivity index is 1.97. The van der Waals surface area contributed by atoms with Crippen molar-refractivity contribution in [2.24, 2.45) is 0 Å². The largest absolute Gasteiger partial charge is 0.353 e. The van der Waals surface area contributed by atoms with Crippen molar-refractivity contribution in [2.45, 2.75) is 51.5 Å². The number of halogens is 1. The molecule has 0 unspecified atom stereocenters. The van der Waals surface area contributed by atoms with Gasteiger partial charge in [-0.3, -0.25) is 9.10 Å². The van der Waals surface area contributed by atoms with Gasteiger partial charge < -0.3 is 5.32 Å². The third-order valence-corrected chi connectivity index (χ3v) is 5.74. The zero-order valence-corrected chi connectivity index (χ0v) is 15.8. The molecule has 0 spiro atoms. The van der Waals surface area contributed by atoms with Crippen molar-refractivity contribution in [1.29, 1.82) is 0 Å². The van der Waals surface area contributed by atoms with Gasteiger partial charge in [-0.2, -0.15) is 0 Å². The van der Waals surface area contributed by atoms with Crippen LogP contribution in [-0.4, -0.2) is 33.2 Å². The molecular weight excluding hydrogens is 348 g/mol. The molecule has 0 heterocycles. The third kappa shape index (κ3) is 5.38. The van der Waals surface area contributed by atoms with Gasteiger partial charge in [0.2, 0.25) is 15.9 Å². The molecule has 1 aromatic rings. The van der Waals surface area contributed by atoms with Gasteiger partial charge >= 0.3 is 0 Å². The van der Waals surface area contributed by atoms with Crippen LogP contribution in [0.25, 0.3) is 0 Å². The number of benzene rings is 1. The molecule has 1 aliphatic carbocycles. The molecule has 5 nitrogen and oxygen atoms in total. The molecule has 0 bridgehead atoms. The molecule has 1 fully saturated rings. The van der Waals surface area contributed by atoms with Crippen molar-refractivity contribution >= 4 is 33.2 Å². The molecule has 0 aromatic heterocycles. The minimum atomic E-state index is -3.43. The Bertz CT molecular complexity index is 685. The maximum absolute atomic E-state index is 12.1. The number of amides is 1. The van der Waals surface area contributed by atoms with Crippen LogP contribution in [0, 0.1) is 6.92 Å². The first-order chi connectivity index (χ1) is 11.3. The highest BCUT2D eigenvalue weighted by Crippen LogP contribution is 2.26. The average Bonchev–Trinajstić information content (AvgIpc) is 2.98. The number of rotatable bonds is 7. The van der Waals surface area contributed by atoms with E-state index in [1.807, 2.05) is 6.92 Å². The van der Waals surface area contributed by atoms with E-state index in [9.17, 15) is 13.2 Å². The van der Waals surface area contributed by atoms with E-state index < -0.39 is 10.0 Å². The zero-order chi connectivity index (χ0) is 17.7. The van der Waals surface area contributed by atoms with E-state index in [0.29, 0.717) is 29.6 Å². The van der Waals surface area contributed by atoms with Gasteiger partial charge in [0.05, 0.1) is 11.9 Å². The van der Waals surface area contributed by atoms with Crippen molar-refractivity contribution in [2.75, 3.05) is 17.1 Å². The van der Waals surface area contributed by atoms with Crippen LogP contribution in [0.2, 0.25) is 5.02 Å². The number of carbonyl (C=O) groups excluding carboxylic acids is 1. The first-order valence-corrected chi connectivity index (χ1v) is 10.5. The Labute approximate surface area is 149 Å². The number of anilines is 1. The van der Waals surface area contributed by atoms with Crippen LogP contribution in [0.1, 0.15) is 44.1 Å². The fourth-order valence-corrected chi connectivity index (χ4v) is 4.25. The third-order valence-electron chi connectivity index (χ3n) is 4.33. The molecule has 2 rings (SSSR count). The van der Waals surface area contributed by atoms with Crippen molar-refractivity contribution in [1.82, 2.24) is 5.32 Å². The highest BCUT2D eigenvalue weighted by Gasteiger charge is 2.21. The lowest BCUT2D eigenvalue weighted by Gasteiger charge is -2.24. The Hall–Kier alpha value is -1.27. The van der Waals surface area contributed by atoms with Gasteiger partial charge in [-0.05, 0) is 43.9 Å². The van der Waals surface area contributed by atoms with E-state index in [1.54, 1.807) is 18.2 Å². The molecule has 24 heavy (non-hydrogen) atoms. The van der Waals surface area contributed by atoms with Crippen LogP contribution in [0.5, 0.6) is 0 Å². The summed E-state index contributed by atoms with van der Waals surface area (Å²) in [5, 5.41) is 3.51. The quantitative estimate of drug-likeness (QED) is 0.798. The fourth-order valence-electron chi connectivity index (χ4n) is 3.07. The average molecular weight is 373 g/mol. The van der Waals surface area contributed by atoms with Crippen LogP contribution in [0.4, 0.5) is 5.69 Å². The Kier molecular flexibility index (Phi) is 6.52. The highest BCUT2D eigenvalue weighted by atomic mass is 35.5. The van der Waals surface area contributed by atoms with E-state index in [1.165, 1.54) is 23.4 Å². The molecule has 1 amide bonds. The molecular formula is C17H25ClN2O3S. The van der Waals surface area contributed by atoms with E-state index in [4.69, 9.17) is 11.6 Å². The molecule has 0 atom stereocenters. The number of carbonyl (C=O) groups is 1. The molecule has 0 aliphatic heterocycles. The lowest BCUT2D eigenvalue weighted by Crippen LogP contribution is -2.35. The lowest BCUT2D eigenvalue weighted by molar-refractivity contribution is -0.121. The molecule has 7 heteroatoms. The summed E-state index contributed by atoms with van der Waals surface area (Å²) in [5.74, 6) is -0.00170. The van der Waals surface area contributed by atoms with E-state index in [-0.39, 0.29) is 12.5 Å². The van der Waals surface area contributed by atoms with E-state index >= 15 is 0 Å². The Morgan fingerprint density at radius 2 is 2.00 bits per heavy atom. The van der Waals surface area contributed by atoms with Crippen molar-refractivity contribution in [3.8, 4) is 0 Å².